The van der Waals surface area contributed by atoms with Gasteiger partial charge in [0.15, 0.2) is 0 Å². The first-order valence-corrected chi connectivity index (χ1v) is 11.7. The third-order valence-electron chi connectivity index (χ3n) is 6.44. The first kappa shape index (κ1) is 21.0. The molecule has 2 heterocycles. The molecule has 162 valence electrons. The number of hydrogen-bond acceptors (Lipinski definition) is 5. The van der Waals surface area contributed by atoms with Crippen molar-refractivity contribution in [3.05, 3.63) is 24.3 Å². The molecule has 1 N–H and O–H groups in total. The lowest BCUT2D eigenvalue weighted by Gasteiger charge is -2.25. The molecule has 4 rings (SSSR count). The first-order chi connectivity index (χ1) is 13.9. The average molecular weight is 431 g/mol. The quantitative estimate of drug-likeness (QED) is 0.721. The van der Waals surface area contributed by atoms with Crippen LogP contribution in [0.3, 0.4) is 0 Å². The molecule has 0 amide bonds. The Morgan fingerprint density at radius 3 is 2.31 bits per heavy atom. The van der Waals surface area contributed by atoms with Gasteiger partial charge in [-0.05, 0) is 74.2 Å². The van der Waals surface area contributed by atoms with E-state index in [2.05, 4.69) is 10.1 Å². The summed E-state index contributed by atoms with van der Waals surface area (Å²) in [6, 6.07) is 5.67. The zero-order valence-corrected chi connectivity index (χ0v) is 17.1. The maximum absolute atomic E-state index is 12.9. The van der Waals surface area contributed by atoms with Crippen LogP contribution in [0, 0.1) is 17.8 Å². The van der Waals surface area contributed by atoms with Gasteiger partial charge in [-0.15, -0.1) is 0 Å². The minimum absolute atomic E-state index is 0.0457. The van der Waals surface area contributed by atoms with Gasteiger partial charge in [-0.25, -0.2) is 8.42 Å². The number of halogens is 2. The zero-order valence-electron chi connectivity index (χ0n) is 16.3. The molecule has 0 radical (unpaired) electrons. The zero-order chi connectivity index (χ0) is 20.4. The molecule has 0 spiro atoms. The largest absolute Gasteiger partial charge is 0.435 e. The molecule has 0 aromatic heterocycles. The minimum atomic E-state index is -3.62. The maximum atomic E-state index is 12.9. The topological polar surface area (TPSA) is 67.9 Å². The number of fused-ring (bicyclic) bond motifs is 1. The summed E-state index contributed by atoms with van der Waals surface area (Å²) in [6.45, 7) is 0.843. The van der Waals surface area contributed by atoms with E-state index in [0.29, 0.717) is 36.9 Å². The molecule has 2 saturated heterocycles. The van der Waals surface area contributed by atoms with E-state index in [1.54, 1.807) is 4.31 Å². The number of hydrogen-bond donors (Lipinski definition) is 1. The second-order valence-corrected chi connectivity index (χ2v) is 10.3. The third-order valence-corrected chi connectivity index (χ3v) is 8.29. The van der Waals surface area contributed by atoms with Gasteiger partial charge < -0.3 is 14.8 Å². The minimum Gasteiger partial charge on any atom is -0.435 e. The summed E-state index contributed by atoms with van der Waals surface area (Å²) >= 11 is 0. The molecule has 29 heavy (non-hydrogen) atoms. The molecule has 6 nitrogen and oxygen atoms in total. The molecule has 1 saturated carbocycles. The fourth-order valence-corrected chi connectivity index (χ4v) is 6.40. The van der Waals surface area contributed by atoms with Gasteiger partial charge in [-0.3, -0.25) is 0 Å². The standard InChI is InChI=1S/C20H28F2N2O4S/c21-20(22)28-18-1-3-19(4-2-18)29(25,26)24-12-15-9-17(10-16(15)13-24)23-11-14-5-7-27-8-6-14/h1-4,14-17,20,23H,5-13H2. The van der Waals surface area contributed by atoms with Crippen LogP contribution in [0.4, 0.5) is 8.78 Å². The van der Waals surface area contributed by atoms with Gasteiger partial charge in [0.2, 0.25) is 10.0 Å². The lowest BCUT2D eigenvalue weighted by atomic mass is 10.00. The molecule has 1 aromatic carbocycles. The molecule has 0 bridgehead atoms. The summed E-state index contributed by atoms with van der Waals surface area (Å²) in [6.07, 6.45) is 4.22. The van der Waals surface area contributed by atoms with E-state index in [0.717, 1.165) is 45.4 Å². The third kappa shape index (κ3) is 4.90. The van der Waals surface area contributed by atoms with Crippen LogP contribution in [0.15, 0.2) is 29.2 Å². The molecular weight excluding hydrogens is 402 g/mol. The summed E-state index contributed by atoms with van der Waals surface area (Å²) < 4.78 is 61.6. The Morgan fingerprint density at radius 2 is 1.72 bits per heavy atom. The molecule has 9 heteroatoms. The van der Waals surface area contributed by atoms with Crippen LogP contribution in [-0.4, -0.2) is 58.2 Å². The van der Waals surface area contributed by atoms with Crippen molar-refractivity contribution in [3.8, 4) is 5.75 Å². The van der Waals surface area contributed by atoms with Crippen molar-refractivity contribution in [3.63, 3.8) is 0 Å². The Morgan fingerprint density at radius 1 is 1.10 bits per heavy atom. The first-order valence-electron chi connectivity index (χ1n) is 10.3. The molecule has 2 unspecified atom stereocenters. The van der Waals surface area contributed by atoms with E-state index < -0.39 is 16.6 Å². The van der Waals surface area contributed by atoms with Crippen LogP contribution in [0.2, 0.25) is 0 Å². The van der Waals surface area contributed by atoms with Crippen molar-refractivity contribution in [1.82, 2.24) is 9.62 Å². The summed E-state index contributed by atoms with van der Waals surface area (Å²) in [4.78, 5) is 0.119. The van der Waals surface area contributed by atoms with Crippen molar-refractivity contribution >= 4 is 10.0 Å². The van der Waals surface area contributed by atoms with Crippen molar-refractivity contribution < 1.29 is 26.7 Å². The van der Waals surface area contributed by atoms with Crippen LogP contribution in [0.5, 0.6) is 5.75 Å². The van der Waals surface area contributed by atoms with Gasteiger partial charge in [-0.2, -0.15) is 13.1 Å². The molecule has 2 aliphatic heterocycles. The summed E-state index contributed by atoms with van der Waals surface area (Å²) in [5, 5.41) is 3.69. The number of nitrogens with zero attached hydrogens (tertiary/aromatic N) is 1. The molecule has 1 aromatic rings. The number of sulfonamides is 1. The maximum Gasteiger partial charge on any atom is 0.387 e. The molecule has 1 aliphatic carbocycles. The summed E-state index contributed by atoms with van der Waals surface area (Å²) in [5.74, 6) is 1.38. The van der Waals surface area contributed by atoms with Crippen molar-refractivity contribution in [2.24, 2.45) is 17.8 Å². The van der Waals surface area contributed by atoms with Crippen molar-refractivity contribution in [1.29, 1.82) is 0 Å². The Balaban J connectivity index is 1.30. The van der Waals surface area contributed by atoms with E-state index >= 15 is 0 Å². The van der Waals surface area contributed by atoms with Crippen LogP contribution in [0.1, 0.15) is 25.7 Å². The Labute approximate surface area is 170 Å². The fourth-order valence-electron chi connectivity index (χ4n) is 4.85. The normalized spacial score (nSPS) is 28.7. The number of nitrogens with one attached hydrogen (secondary N) is 1. The second kappa shape index (κ2) is 8.83. The number of rotatable bonds is 7. The monoisotopic (exact) mass is 430 g/mol. The summed E-state index contributed by atoms with van der Waals surface area (Å²) in [7, 11) is -3.62. The van der Waals surface area contributed by atoms with Gasteiger partial charge in [0.05, 0.1) is 4.90 Å². The van der Waals surface area contributed by atoms with E-state index in [-0.39, 0.29) is 10.6 Å². The van der Waals surface area contributed by atoms with Crippen molar-refractivity contribution in [2.75, 3.05) is 32.8 Å². The Bertz CT molecular complexity index is 770. The molecule has 3 fully saturated rings. The van der Waals surface area contributed by atoms with E-state index in [1.165, 1.54) is 24.3 Å². The highest BCUT2D eigenvalue weighted by atomic mass is 32.2. The lowest BCUT2D eigenvalue weighted by Crippen LogP contribution is -2.36. The second-order valence-electron chi connectivity index (χ2n) is 8.32. The highest BCUT2D eigenvalue weighted by Gasteiger charge is 2.44. The van der Waals surface area contributed by atoms with Crippen LogP contribution < -0.4 is 10.1 Å². The van der Waals surface area contributed by atoms with E-state index in [1.807, 2.05) is 0 Å². The van der Waals surface area contributed by atoms with Gasteiger partial charge in [-0.1, -0.05) is 0 Å². The fraction of sp³-hybridized carbons (Fsp3) is 0.700. The SMILES string of the molecule is O=S(=O)(c1ccc(OC(F)F)cc1)N1CC2CC(NCC3CCOCC3)CC2C1. The van der Waals surface area contributed by atoms with Gasteiger partial charge in [0, 0.05) is 32.3 Å². The van der Waals surface area contributed by atoms with Gasteiger partial charge in [0.1, 0.15) is 5.75 Å². The van der Waals surface area contributed by atoms with Crippen LogP contribution in [0.25, 0.3) is 0 Å². The predicted octanol–water partition coefficient (Wildman–Crippen LogP) is 2.70. The Kier molecular flexibility index (Phi) is 6.38. The van der Waals surface area contributed by atoms with Crippen LogP contribution >= 0.6 is 0 Å². The number of alkyl halides is 2. The number of benzene rings is 1. The van der Waals surface area contributed by atoms with E-state index in [4.69, 9.17) is 4.74 Å². The van der Waals surface area contributed by atoms with Gasteiger partial charge in [0.25, 0.3) is 0 Å². The average Bonchev–Trinajstić information content (AvgIpc) is 3.26. The molecular formula is C20H28F2N2O4S. The molecule has 2 atom stereocenters. The highest BCUT2D eigenvalue weighted by Crippen LogP contribution is 2.40. The predicted molar refractivity (Wildman–Crippen MR) is 103 cm³/mol. The van der Waals surface area contributed by atoms with Gasteiger partial charge >= 0.3 is 6.61 Å². The summed E-state index contributed by atoms with van der Waals surface area (Å²) in [5.41, 5.74) is 0. The van der Waals surface area contributed by atoms with Crippen molar-refractivity contribution in [2.45, 2.75) is 43.2 Å². The van der Waals surface area contributed by atoms with E-state index in [9.17, 15) is 17.2 Å². The lowest BCUT2D eigenvalue weighted by molar-refractivity contribution is -0.0498. The number of ether oxygens (including phenoxy) is 2. The molecule has 3 aliphatic rings. The smallest absolute Gasteiger partial charge is 0.387 e. The van der Waals surface area contributed by atoms with Crippen LogP contribution in [-0.2, 0) is 14.8 Å². The Hall–Kier alpha value is -1.29. The highest BCUT2D eigenvalue weighted by molar-refractivity contribution is 7.89.